The first-order valence-electron chi connectivity index (χ1n) is 9.75. The summed E-state index contributed by atoms with van der Waals surface area (Å²) in [6.45, 7) is 4.79. The Labute approximate surface area is 155 Å². The van der Waals surface area contributed by atoms with Gasteiger partial charge in [0.2, 0.25) is 0 Å². The van der Waals surface area contributed by atoms with Crippen LogP contribution in [0.15, 0.2) is 35.2 Å². The van der Waals surface area contributed by atoms with Crippen molar-refractivity contribution in [1.82, 2.24) is 0 Å². The number of carbonyl (C=O) groups is 1. The number of methoxy groups -OCH3 is 2. The number of hydrogen-bond donors (Lipinski definition) is 0. The van der Waals surface area contributed by atoms with Crippen LogP contribution in [-0.2, 0) is 20.7 Å². The Hall–Kier alpha value is -1.55. The molecule has 0 radical (unpaired) electrons. The summed E-state index contributed by atoms with van der Waals surface area (Å²) >= 11 is 0. The highest BCUT2D eigenvalue weighted by atomic mass is 16.5. The van der Waals surface area contributed by atoms with Crippen molar-refractivity contribution in [2.75, 3.05) is 14.2 Å². The van der Waals surface area contributed by atoms with Crippen molar-refractivity contribution in [3.63, 3.8) is 0 Å². The third-order valence-electron chi connectivity index (χ3n) is 8.11. The summed E-state index contributed by atoms with van der Waals surface area (Å²) in [6, 6.07) is 2.06. The van der Waals surface area contributed by atoms with Gasteiger partial charge in [-0.15, -0.1) is 0 Å². The number of aryl methyl sites for hydroxylation is 1. The Morgan fingerprint density at radius 1 is 1.35 bits per heavy atom. The summed E-state index contributed by atoms with van der Waals surface area (Å²) in [5.74, 6) is 0.909. The largest absolute Gasteiger partial charge is 0.472 e. The molecule has 0 amide bonds. The van der Waals surface area contributed by atoms with Gasteiger partial charge in [-0.1, -0.05) is 26.0 Å². The second-order valence-corrected chi connectivity index (χ2v) is 8.89. The SMILES string of the molecule is COC(=O)[C@]12C[C@]13CC[C@@H](C)[C@](C)(CCc1ccoc1)[C@H]3C=C[C@H]2OC. The Kier molecular flexibility index (Phi) is 4.11. The van der Waals surface area contributed by atoms with Crippen LogP contribution < -0.4 is 0 Å². The van der Waals surface area contributed by atoms with Gasteiger partial charge in [0.05, 0.1) is 25.7 Å². The maximum absolute atomic E-state index is 12.8. The monoisotopic (exact) mass is 358 g/mol. The highest BCUT2D eigenvalue weighted by molar-refractivity contribution is 5.84. The molecule has 26 heavy (non-hydrogen) atoms. The topological polar surface area (TPSA) is 48.7 Å². The molecule has 142 valence electrons. The van der Waals surface area contributed by atoms with Crippen LogP contribution in [-0.4, -0.2) is 26.3 Å². The maximum atomic E-state index is 12.8. The third kappa shape index (κ3) is 2.14. The van der Waals surface area contributed by atoms with E-state index in [2.05, 4.69) is 32.1 Å². The minimum Gasteiger partial charge on any atom is -0.472 e. The smallest absolute Gasteiger partial charge is 0.315 e. The van der Waals surface area contributed by atoms with Crippen LogP contribution in [0.1, 0.15) is 45.1 Å². The number of ether oxygens (including phenoxy) is 2. The number of allylic oxidation sites excluding steroid dienone is 1. The van der Waals surface area contributed by atoms with Crippen molar-refractivity contribution in [3.05, 3.63) is 36.3 Å². The molecule has 1 aromatic rings. The highest BCUT2D eigenvalue weighted by Crippen LogP contribution is 2.80. The van der Waals surface area contributed by atoms with Gasteiger partial charge >= 0.3 is 5.97 Å². The summed E-state index contributed by atoms with van der Waals surface area (Å²) in [5.41, 5.74) is 0.906. The Balaban J connectivity index is 1.69. The molecule has 1 heterocycles. The second-order valence-electron chi connectivity index (χ2n) is 8.89. The third-order valence-corrected chi connectivity index (χ3v) is 8.11. The van der Waals surface area contributed by atoms with Crippen molar-refractivity contribution >= 4 is 5.97 Å². The molecule has 6 atom stereocenters. The first kappa shape index (κ1) is 17.8. The molecule has 1 aromatic heterocycles. The van der Waals surface area contributed by atoms with Gasteiger partial charge in [0.25, 0.3) is 0 Å². The minimum atomic E-state index is -0.493. The quantitative estimate of drug-likeness (QED) is 0.578. The van der Waals surface area contributed by atoms with Gasteiger partial charge in [-0.25, -0.2) is 0 Å². The Morgan fingerprint density at radius 3 is 2.81 bits per heavy atom. The first-order chi connectivity index (χ1) is 12.4. The van der Waals surface area contributed by atoms with E-state index in [9.17, 15) is 4.79 Å². The summed E-state index contributed by atoms with van der Waals surface area (Å²) in [7, 11) is 3.21. The lowest BCUT2D eigenvalue weighted by molar-refractivity contribution is -0.158. The minimum absolute atomic E-state index is 0.00677. The fourth-order valence-corrected chi connectivity index (χ4v) is 6.32. The van der Waals surface area contributed by atoms with Crippen molar-refractivity contribution in [3.8, 4) is 0 Å². The molecular weight excluding hydrogens is 328 g/mol. The summed E-state index contributed by atoms with van der Waals surface area (Å²) in [4.78, 5) is 12.8. The number of esters is 1. The molecule has 0 aromatic carbocycles. The molecule has 3 aliphatic carbocycles. The van der Waals surface area contributed by atoms with E-state index in [0.717, 1.165) is 32.1 Å². The van der Waals surface area contributed by atoms with Crippen LogP contribution in [0.3, 0.4) is 0 Å². The van der Waals surface area contributed by atoms with Crippen LogP contribution in [0.25, 0.3) is 0 Å². The van der Waals surface area contributed by atoms with Crippen molar-refractivity contribution in [2.45, 2.75) is 52.1 Å². The molecule has 4 rings (SSSR count). The van der Waals surface area contributed by atoms with Crippen LogP contribution in [0, 0.1) is 28.1 Å². The van der Waals surface area contributed by atoms with Crippen LogP contribution >= 0.6 is 0 Å². The number of furan rings is 1. The van der Waals surface area contributed by atoms with E-state index in [1.807, 2.05) is 6.26 Å². The highest BCUT2D eigenvalue weighted by Gasteiger charge is 2.81. The summed E-state index contributed by atoms with van der Waals surface area (Å²) in [6.07, 6.45) is 13.1. The standard InChI is InChI=1S/C22H30O4/c1-15-7-11-21-14-22(21,19(23)25-4)18(24-3)6-5-17(21)20(15,2)10-8-16-9-12-26-13-16/h5-6,9,12-13,15,17-18H,7-8,10-11,14H2,1-4H3/t15-,17-,18-,20+,21+,22-/m1/s1. The van der Waals surface area contributed by atoms with Gasteiger partial charge < -0.3 is 13.9 Å². The van der Waals surface area contributed by atoms with E-state index in [4.69, 9.17) is 13.9 Å². The van der Waals surface area contributed by atoms with Gasteiger partial charge in [-0.2, -0.15) is 0 Å². The van der Waals surface area contributed by atoms with E-state index >= 15 is 0 Å². The zero-order valence-electron chi connectivity index (χ0n) is 16.3. The molecule has 4 nitrogen and oxygen atoms in total. The molecular formula is C22H30O4. The Morgan fingerprint density at radius 2 is 2.15 bits per heavy atom. The van der Waals surface area contributed by atoms with Crippen molar-refractivity contribution in [2.24, 2.45) is 28.1 Å². The normalized spacial score (nSPS) is 43.5. The lowest BCUT2D eigenvalue weighted by Crippen LogP contribution is -2.51. The van der Waals surface area contributed by atoms with E-state index < -0.39 is 5.41 Å². The van der Waals surface area contributed by atoms with Gasteiger partial charge in [-0.3, -0.25) is 4.79 Å². The molecule has 0 unspecified atom stereocenters. The number of carbonyl (C=O) groups excluding carboxylic acids is 1. The van der Waals surface area contributed by atoms with Gasteiger partial charge in [0.15, 0.2) is 0 Å². The lowest BCUT2D eigenvalue weighted by atomic mass is 9.51. The molecule has 1 spiro atoms. The average molecular weight is 358 g/mol. The second kappa shape index (κ2) is 5.98. The van der Waals surface area contributed by atoms with E-state index in [-0.39, 0.29) is 22.9 Å². The van der Waals surface area contributed by atoms with Crippen LogP contribution in [0.5, 0.6) is 0 Å². The molecule has 3 aliphatic rings. The summed E-state index contributed by atoms with van der Waals surface area (Å²) in [5, 5.41) is 0. The Bertz CT molecular complexity index is 708. The molecule has 2 fully saturated rings. The van der Waals surface area contributed by atoms with E-state index in [1.165, 1.54) is 12.7 Å². The zero-order valence-corrected chi connectivity index (χ0v) is 16.3. The fraction of sp³-hybridized carbons (Fsp3) is 0.682. The number of hydrogen-bond acceptors (Lipinski definition) is 4. The van der Waals surface area contributed by atoms with Crippen molar-refractivity contribution < 1.29 is 18.7 Å². The molecule has 0 N–H and O–H groups in total. The van der Waals surface area contributed by atoms with Gasteiger partial charge in [0, 0.05) is 7.11 Å². The predicted molar refractivity (Wildman–Crippen MR) is 98.5 cm³/mol. The predicted octanol–water partition coefficient (Wildman–Crippen LogP) is 4.40. The molecule has 0 saturated heterocycles. The van der Waals surface area contributed by atoms with Crippen molar-refractivity contribution in [1.29, 1.82) is 0 Å². The van der Waals surface area contributed by atoms with Crippen LogP contribution in [0.2, 0.25) is 0 Å². The van der Waals surface area contributed by atoms with Crippen LogP contribution in [0.4, 0.5) is 0 Å². The molecule has 2 saturated carbocycles. The lowest BCUT2D eigenvalue weighted by Gasteiger charge is -2.53. The van der Waals surface area contributed by atoms with E-state index in [0.29, 0.717) is 11.8 Å². The molecule has 4 heteroatoms. The molecule has 0 bridgehead atoms. The summed E-state index contributed by atoms with van der Waals surface area (Å²) < 4.78 is 16.2. The van der Waals surface area contributed by atoms with Gasteiger partial charge in [0.1, 0.15) is 5.41 Å². The zero-order chi connectivity index (χ0) is 18.6. The number of rotatable bonds is 5. The van der Waals surface area contributed by atoms with E-state index in [1.54, 1.807) is 13.4 Å². The van der Waals surface area contributed by atoms with Gasteiger partial charge in [-0.05, 0) is 66.4 Å². The fourth-order valence-electron chi connectivity index (χ4n) is 6.32. The average Bonchev–Trinajstić information content (AvgIpc) is 3.06. The molecule has 0 aliphatic heterocycles. The first-order valence-corrected chi connectivity index (χ1v) is 9.75. The maximum Gasteiger partial charge on any atom is 0.315 e.